The van der Waals surface area contributed by atoms with Gasteiger partial charge >= 0.3 is 0 Å². The van der Waals surface area contributed by atoms with Crippen molar-refractivity contribution in [2.24, 2.45) is 5.92 Å². The molecule has 1 aliphatic rings. The Morgan fingerprint density at radius 1 is 1.60 bits per heavy atom. The Morgan fingerprint density at radius 2 is 2.33 bits per heavy atom. The highest BCUT2D eigenvalue weighted by molar-refractivity contribution is 8.02. The molecule has 0 amide bonds. The van der Waals surface area contributed by atoms with Crippen molar-refractivity contribution in [3.05, 3.63) is 23.6 Å². The third kappa shape index (κ3) is 3.69. The molecular formula is C13H22OS. The second-order valence-electron chi connectivity index (χ2n) is 4.29. The summed E-state index contributed by atoms with van der Waals surface area (Å²) in [7, 11) is 0. The maximum absolute atomic E-state index is 6.07. The Labute approximate surface area is 98.0 Å². The van der Waals surface area contributed by atoms with Crippen LogP contribution in [0.15, 0.2) is 23.6 Å². The first-order valence-electron chi connectivity index (χ1n) is 5.79. The third-order valence-corrected chi connectivity index (χ3v) is 3.80. The fourth-order valence-electron chi connectivity index (χ4n) is 1.76. The lowest BCUT2D eigenvalue weighted by Gasteiger charge is -2.32. The van der Waals surface area contributed by atoms with Gasteiger partial charge in [0.05, 0.1) is 6.10 Å². The van der Waals surface area contributed by atoms with E-state index in [-0.39, 0.29) is 0 Å². The zero-order chi connectivity index (χ0) is 11.3. The summed E-state index contributed by atoms with van der Waals surface area (Å²) >= 11 is 1.82. The lowest BCUT2D eigenvalue weighted by molar-refractivity contribution is 0.0243. The van der Waals surface area contributed by atoms with Crippen molar-refractivity contribution >= 4 is 11.8 Å². The van der Waals surface area contributed by atoms with Crippen LogP contribution in [0.3, 0.4) is 0 Å². The number of allylic oxidation sites excluding steroid dienone is 1. The van der Waals surface area contributed by atoms with Gasteiger partial charge in [0, 0.05) is 0 Å². The average molecular weight is 226 g/mol. The Kier molecular flexibility index (Phi) is 5.48. The zero-order valence-corrected chi connectivity index (χ0v) is 10.8. The van der Waals surface area contributed by atoms with Gasteiger partial charge in [-0.15, -0.1) is 18.3 Å². The molecule has 0 saturated heterocycles. The zero-order valence-electron chi connectivity index (χ0n) is 10.0. The van der Waals surface area contributed by atoms with Gasteiger partial charge in [-0.1, -0.05) is 26.8 Å². The second-order valence-corrected chi connectivity index (χ2v) is 5.33. The molecule has 86 valence electrons. The Bertz CT molecular complexity index is 233. The van der Waals surface area contributed by atoms with Crippen LogP contribution in [0.25, 0.3) is 0 Å². The summed E-state index contributed by atoms with van der Waals surface area (Å²) < 4.78 is 6.07. The SMILES string of the molecule is C=CCCC1=CS[C@H](CC)O[C@@H]1C(C)C. The van der Waals surface area contributed by atoms with E-state index in [1.165, 1.54) is 5.57 Å². The van der Waals surface area contributed by atoms with E-state index in [2.05, 4.69) is 32.8 Å². The van der Waals surface area contributed by atoms with E-state index in [0.29, 0.717) is 17.5 Å². The molecule has 1 aliphatic heterocycles. The van der Waals surface area contributed by atoms with E-state index >= 15 is 0 Å². The molecule has 0 radical (unpaired) electrons. The molecule has 0 spiro atoms. The summed E-state index contributed by atoms with van der Waals surface area (Å²) in [5, 5.41) is 2.31. The normalized spacial score (nSPS) is 26.5. The molecule has 0 aromatic heterocycles. The van der Waals surface area contributed by atoms with E-state index in [1.54, 1.807) is 0 Å². The maximum atomic E-state index is 6.07. The molecule has 0 aliphatic carbocycles. The van der Waals surface area contributed by atoms with Gasteiger partial charge in [0.15, 0.2) is 0 Å². The third-order valence-electron chi connectivity index (χ3n) is 2.61. The Morgan fingerprint density at radius 3 is 2.87 bits per heavy atom. The molecule has 1 heterocycles. The predicted octanol–water partition coefficient (Wildman–Crippen LogP) is 4.36. The number of ether oxygens (including phenoxy) is 1. The smallest absolute Gasteiger partial charge is 0.107 e. The molecule has 0 fully saturated rings. The molecule has 1 nitrogen and oxygen atoms in total. The van der Waals surface area contributed by atoms with Crippen LogP contribution >= 0.6 is 11.8 Å². The average Bonchev–Trinajstić information content (AvgIpc) is 2.26. The van der Waals surface area contributed by atoms with E-state index in [0.717, 1.165) is 19.3 Å². The Balaban J connectivity index is 2.64. The van der Waals surface area contributed by atoms with E-state index < -0.39 is 0 Å². The van der Waals surface area contributed by atoms with Crippen molar-refractivity contribution in [2.45, 2.75) is 51.6 Å². The number of hydrogen-bond acceptors (Lipinski definition) is 2. The molecule has 0 saturated carbocycles. The molecule has 0 bridgehead atoms. The minimum absolute atomic E-state index is 0.316. The van der Waals surface area contributed by atoms with Gasteiger partial charge < -0.3 is 4.74 Å². The van der Waals surface area contributed by atoms with Crippen molar-refractivity contribution in [2.75, 3.05) is 0 Å². The number of rotatable bonds is 5. The first-order valence-corrected chi connectivity index (χ1v) is 6.74. The standard InChI is InChI=1S/C13H22OS/c1-5-7-8-11-9-15-12(6-2)14-13(11)10(3)4/h5,9-10,12-13H,1,6-8H2,2-4H3/t12-,13-/m1/s1. The summed E-state index contributed by atoms with van der Waals surface area (Å²) in [5.74, 6) is 0.566. The molecule has 2 atom stereocenters. The second kappa shape index (κ2) is 6.39. The summed E-state index contributed by atoms with van der Waals surface area (Å²) in [6, 6.07) is 0. The van der Waals surface area contributed by atoms with E-state index in [1.807, 2.05) is 17.8 Å². The monoisotopic (exact) mass is 226 g/mol. The summed E-state index contributed by atoms with van der Waals surface area (Å²) in [6.07, 6.45) is 5.52. The van der Waals surface area contributed by atoms with Crippen LogP contribution in [0.4, 0.5) is 0 Å². The van der Waals surface area contributed by atoms with Gasteiger partial charge in [0.1, 0.15) is 5.44 Å². The summed E-state index contributed by atoms with van der Waals surface area (Å²) in [4.78, 5) is 0. The van der Waals surface area contributed by atoms with Crippen LogP contribution in [0.5, 0.6) is 0 Å². The molecule has 1 rings (SSSR count). The van der Waals surface area contributed by atoms with Gasteiger partial charge in [0.25, 0.3) is 0 Å². The highest BCUT2D eigenvalue weighted by atomic mass is 32.2. The van der Waals surface area contributed by atoms with Gasteiger partial charge in [-0.25, -0.2) is 0 Å². The lowest BCUT2D eigenvalue weighted by atomic mass is 9.96. The molecule has 0 N–H and O–H groups in total. The van der Waals surface area contributed by atoms with Crippen molar-refractivity contribution in [3.8, 4) is 0 Å². The van der Waals surface area contributed by atoms with Crippen molar-refractivity contribution in [1.29, 1.82) is 0 Å². The van der Waals surface area contributed by atoms with Gasteiger partial charge in [-0.3, -0.25) is 0 Å². The minimum Gasteiger partial charge on any atom is -0.359 e. The quantitative estimate of drug-likeness (QED) is 0.644. The van der Waals surface area contributed by atoms with Gasteiger partial charge in [-0.05, 0) is 36.2 Å². The molecule has 0 aromatic rings. The van der Waals surface area contributed by atoms with Crippen LogP contribution in [0.1, 0.15) is 40.0 Å². The first-order chi connectivity index (χ1) is 7.19. The highest BCUT2D eigenvalue weighted by Crippen LogP contribution is 2.34. The number of hydrogen-bond donors (Lipinski definition) is 0. The van der Waals surface area contributed by atoms with Crippen molar-refractivity contribution in [3.63, 3.8) is 0 Å². The topological polar surface area (TPSA) is 9.23 Å². The van der Waals surface area contributed by atoms with Crippen molar-refractivity contribution in [1.82, 2.24) is 0 Å². The first kappa shape index (κ1) is 12.9. The van der Waals surface area contributed by atoms with Gasteiger partial charge in [0.2, 0.25) is 0 Å². The van der Waals surface area contributed by atoms with Crippen molar-refractivity contribution < 1.29 is 4.74 Å². The Hall–Kier alpha value is -0.210. The fraction of sp³-hybridized carbons (Fsp3) is 0.692. The molecule has 0 unspecified atom stereocenters. The summed E-state index contributed by atoms with van der Waals surface area (Å²) in [5.41, 5.74) is 1.80. The van der Waals surface area contributed by atoms with E-state index in [4.69, 9.17) is 4.74 Å². The molecule has 15 heavy (non-hydrogen) atoms. The highest BCUT2D eigenvalue weighted by Gasteiger charge is 2.26. The largest absolute Gasteiger partial charge is 0.359 e. The van der Waals surface area contributed by atoms with Gasteiger partial charge in [-0.2, -0.15) is 0 Å². The number of thioether (sulfide) groups is 1. The fourth-order valence-corrected chi connectivity index (χ4v) is 2.72. The van der Waals surface area contributed by atoms with Crippen LogP contribution in [0.2, 0.25) is 0 Å². The molecular weight excluding hydrogens is 204 g/mol. The lowest BCUT2D eigenvalue weighted by Crippen LogP contribution is -2.29. The van der Waals surface area contributed by atoms with Crippen LogP contribution < -0.4 is 0 Å². The van der Waals surface area contributed by atoms with Crippen LogP contribution in [0, 0.1) is 5.92 Å². The van der Waals surface area contributed by atoms with Crippen LogP contribution in [-0.2, 0) is 4.74 Å². The molecule has 0 aromatic carbocycles. The van der Waals surface area contributed by atoms with Crippen LogP contribution in [-0.4, -0.2) is 11.5 Å². The van der Waals surface area contributed by atoms with E-state index in [9.17, 15) is 0 Å². The molecule has 2 heteroatoms. The predicted molar refractivity (Wildman–Crippen MR) is 68.9 cm³/mol. The maximum Gasteiger partial charge on any atom is 0.107 e. The summed E-state index contributed by atoms with van der Waals surface area (Å²) in [6.45, 7) is 10.4. The minimum atomic E-state index is 0.316.